The van der Waals surface area contributed by atoms with E-state index in [2.05, 4.69) is 22.7 Å². The van der Waals surface area contributed by atoms with Gasteiger partial charge in [-0.25, -0.2) is 5.43 Å². The van der Waals surface area contributed by atoms with E-state index < -0.39 is 0 Å². The lowest BCUT2D eigenvalue weighted by molar-refractivity contribution is -0.120. The second-order valence-corrected chi connectivity index (χ2v) is 7.04. The molecule has 0 aliphatic carbocycles. The Kier molecular flexibility index (Phi) is 6.96. The lowest BCUT2D eigenvalue weighted by atomic mass is 10.0. The molecule has 0 saturated carbocycles. The molecule has 1 amide bonds. The number of para-hydroxylation sites is 1. The first kappa shape index (κ1) is 20.8. The van der Waals surface area contributed by atoms with Crippen LogP contribution in [0, 0.1) is 25.2 Å². The molecule has 0 bridgehead atoms. The van der Waals surface area contributed by atoms with Gasteiger partial charge in [-0.2, -0.15) is 10.4 Å². The fraction of sp³-hybridized carbons (Fsp3) is 0.160. The Hall–Kier alpha value is -3.91. The summed E-state index contributed by atoms with van der Waals surface area (Å²) in [6, 6.07) is 22.9. The summed E-state index contributed by atoms with van der Waals surface area (Å²) < 4.78 is 5.89. The molecule has 0 spiro atoms. The van der Waals surface area contributed by atoms with Crippen molar-refractivity contribution in [2.75, 3.05) is 0 Å². The highest BCUT2D eigenvalue weighted by Gasteiger charge is 2.06. The van der Waals surface area contributed by atoms with E-state index in [0.29, 0.717) is 17.9 Å². The summed E-state index contributed by atoms with van der Waals surface area (Å²) in [6.07, 6.45) is 1.85. The Labute approximate surface area is 176 Å². The van der Waals surface area contributed by atoms with E-state index in [1.54, 1.807) is 18.3 Å². The average Bonchev–Trinajstić information content (AvgIpc) is 2.75. The van der Waals surface area contributed by atoms with Crippen LogP contribution in [-0.2, 0) is 17.8 Å². The molecule has 0 fully saturated rings. The number of carbonyl (C=O) groups excluding carboxylic acids is 1. The number of nitrogens with zero attached hydrogens (tertiary/aromatic N) is 2. The molecule has 0 heterocycles. The van der Waals surface area contributed by atoms with Gasteiger partial charge < -0.3 is 4.74 Å². The molecule has 30 heavy (non-hydrogen) atoms. The molecule has 0 aliphatic heterocycles. The first-order chi connectivity index (χ1) is 14.5. The molecule has 0 atom stereocenters. The first-order valence-electron chi connectivity index (χ1n) is 9.64. The van der Waals surface area contributed by atoms with Gasteiger partial charge in [-0.3, -0.25) is 4.79 Å². The van der Waals surface area contributed by atoms with Crippen molar-refractivity contribution in [1.29, 1.82) is 5.26 Å². The van der Waals surface area contributed by atoms with Gasteiger partial charge in [-0.05, 0) is 54.8 Å². The molecule has 0 radical (unpaired) electrons. The maximum Gasteiger partial charge on any atom is 0.244 e. The van der Waals surface area contributed by atoms with Crippen LogP contribution in [0.15, 0.2) is 71.8 Å². The van der Waals surface area contributed by atoms with Crippen molar-refractivity contribution < 1.29 is 9.53 Å². The number of rotatable bonds is 7. The molecule has 3 aromatic rings. The minimum Gasteiger partial charge on any atom is -0.488 e. The molecule has 0 unspecified atom stereocenters. The number of aryl methyl sites for hydroxylation is 2. The lowest BCUT2D eigenvalue weighted by Gasteiger charge is -2.09. The molecule has 3 rings (SSSR count). The van der Waals surface area contributed by atoms with Crippen LogP contribution >= 0.6 is 0 Å². The fourth-order valence-electron chi connectivity index (χ4n) is 3.04. The van der Waals surface area contributed by atoms with Gasteiger partial charge in [0.15, 0.2) is 0 Å². The molecule has 0 aliphatic rings. The maximum atomic E-state index is 12.2. The third kappa shape index (κ3) is 5.79. The van der Waals surface area contributed by atoms with Crippen LogP contribution in [0.4, 0.5) is 0 Å². The zero-order valence-electron chi connectivity index (χ0n) is 17.1. The van der Waals surface area contributed by atoms with Crippen LogP contribution in [0.25, 0.3) is 0 Å². The van der Waals surface area contributed by atoms with Crippen molar-refractivity contribution in [3.05, 3.63) is 100 Å². The zero-order chi connectivity index (χ0) is 21.3. The predicted molar refractivity (Wildman–Crippen MR) is 117 cm³/mol. The summed E-state index contributed by atoms with van der Waals surface area (Å²) in [5.74, 6) is 0.470. The second-order valence-electron chi connectivity index (χ2n) is 7.04. The Morgan fingerprint density at radius 3 is 2.73 bits per heavy atom. The summed E-state index contributed by atoms with van der Waals surface area (Å²) in [7, 11) is 0. The van der Waals surface area contributed by atoms with Crippen molar-refractivity contribution >= 4 is 12.1 Å². The van der Waals surface area contributed by atoms with E-state index in [1.165, 1.54) is 5.56 Å². The van der Waals surface area contributed by atoms with E-state index in [-0.39, 0.29) is 12.3 Å². The predicted octanol–water partition coefficient (Wildman–Crippen LogP) is 4.45. The molecule has 150 valence electrons. The van der Waals surface area contributed by atoms with Crippen molar-refractivity contribution in [3.8, 4) is 11.8 Å². The van der Waals surface area contributed by atoms with E-state index in [4.69, 9.17) is 10.00 Å². The van der Waals surface area contributed by atoms with E-state index >= 15 is 0 Å². The second kappa shape index (κ2) is 10.0. The highest BCUT2D eigenvalue weighted by molar-refractivity contribution is 5.85. The highest BCUT2D eigenvalue weighted by atomic mass is 16.5. The molecule has 1 N–H and O–H groups in total. The van der Waals surface area contributed by atoms with Crippen LogP contribution in [0.2, 0.25) is 0 Å². The number of nitriles is 1. The SMILES string of the molecule is Cc1ccc(CC(=O)N/N=C\c2ccccc2OCc2cccc(C#N)c2)c(C)c1. The summed E-state index contributed by atoms with van der Waals surface area (Å²) >= 11 is 0. The van der Waals surface area contributed by atoms with Gasteiger partial charge in [0, 0.05) is 5.56 Å². The Morgan fingerprint density at radius 2 is 1.93 bits per heavy atom. The summed E-state index contributed by atoms with van der Waals surface area (Å²) in [4.78, 5) is 12.2. The maximum absolute atomic E-state index is 12.2. The third-order valence-corrected chi connectivity index (χ3v) is 4.61. The number of amides is 1. The van der Waals surface area contributed by atoms with Crippen LogP contribution < -0.4 is 10.2 Å². The molecule has 5 heteroatoms. The molecule has 0 saturated heterocycles. The van der Waals surface area contributed by atoms with Crippen molar-refractivity contribution in [3.63, 3.8) is 0 Å². The molecule has 5 nitrogen and oxygen atoms in total. The van der Waals surface area contributed by atoms with Crippen LogP contribution in [0.3, 0.4) is 0 Å². The van der Waals surface area contributed by atoms with Gasteiger partial charge in [-0.15, -0.1) is 0 Å². The van der Waals surface area contributed by atoms with E-state index in [0.717, 1.165) is 22.3 Å². The van der Waals surface area contributed by atoms with Crippen molar-refractivity contribution in [1.82, 2.24) is 5.43 Å². The van der Waals surface area contributed by atoms with E-state index in [9.17, 15) is 4.79 Å². The van der Waals surface area contributed by atoms with Crippen LogP contribution in [0.1, 0.15) is 33.4 Å². The number of hydrogen-bond acceptors (Lipinski definition) is 4. The molecule has 0 aromatic heterocycles. The first-order valence-corrected chi connectivity index (χ1v) is 9.64. The minimum absolute atomic E-state index is 0.176. The van der Waals surface area contributed by atoms with Crippen LogP contribution in [-0.4, -0.2) is 12.1 Å². The number of hydrazone groups is 1. The van der Waals surface area contributed by atoms with Crippen LogP contribution in [0.5, 0.6) is 5.75 Å². The Morgan fingerprint density at radius 1 is 1.10 bits per heavy atom. The molecular weight excluding hydrogens is 374 g/mol. The van der Waals surface area contributed by atoms with Crippen molar-refractivity contribution in [2.24, 2.45) is 5.10 Å². The summed E-state index contributed by atoms with van der Waals surface area (Å²) in [5, 5.41) is 13.1. The highest BCUT2D eigenvalue weighted by Crippen LogP contribution is 2.18. The van der Waals surface area contributed by atoms with Gasteiger partial charge in [-0.1, -0.05) is 48.0 Å². The summed E-state index contributed by atoms with van der Waals surface area (Å²) in [6.45, 7) is 4.36. The number of benzene rings is 3. The largest absolute Gasteiger partial charge is 0.488 e. The fourth-order valence-corrected chi connectivity index (χ4v) is 3.04. The number of carbonyl (C=O) groups is 1. The van der Waals surface area contributed by atoms with Gasteiger partial charge in [0.2, 0.25) is 5.91 Å². The minimum atomic E-state index is -0.176. The van der Waals surface area contributed by atoms with Gasteiger partial charge in [0.1, 0.15) is 12.4 Å². The van der Waals surface area contributed by atoms with Gasteiger partial charge in [0.05, 0.1) is 24.3 Å². The van der Waals surface area contributed by atoms with Crippen molar-refractivity contribution in [2.45, 2.75) is 26.9 Å². The standard InChI is InChI=1S/C25H23N3O2/c1-18-10-11-22(19(2)12-18)14-25(29)28-27-16-23-8-3-4-9-24(23)30-17-21-7-5-6-20(13-21)15-26/h3-13,16H,14,17H2,1-2H3,(H,28,29)/b27-16-. The smallest absolute Gasteiger partial charge is 0.244 e. The lowest BCUT2D eigenvalue weighted by Crippen LogP contribution is -2.20. The zero-order valence-corrected chi connectivity index (χ0v) is 17.1. The average molecular weight is 397 g/mol. The normalized spacial score (nSPS) is 10.6. The molecular formula is C25H23N3O2. The Bertz CT molecular complexity index is 1110. The summed E-state index contributed by atoms with van der Waals surface area (Å²) in [5.41, 5.74) is 8.07. The molecule has 3 aromatic carbocycles. The Balaban J connectivity index is 1.60. The third-order valence-electron chi connectivity index (χ3n) is 4.61. The topological polar surface area (TPSA) is 74.5 Å². The van der Waals surface area contributed by atoms with Gasteiger partial charge in [0.25, 0.3) is 0 Å². The number of nitrogens with one attached hydrogen (secondary N) is 1. The van der Waals surface area contributed by atoms with E-state index in [1.807, 2.05) is 62.4 Å². The number of hydrogen-bond donors (Lipinski definition) is 1. The van der Waals surface area contributed by atoms with Gasteiger partial charge >= 0.3 is 0 Å². The quantitative estimate of drug-likeness (QED) is 0.473. The number of ether oxygens (including phenoxy) is 1. The monoisotopic (exact) mass is 397 g/mol.